The lowest BCUT2D eigenvalue weighted by atomic mass is 10.0. The van der Waals surface area contributed by atoms with Crippen molar-refractivity contribution in [2.24, 2.45) is 5.92 Å². The van der Waals surface area contributed by atoms with Gasteiger partial charge < -0.3 is 9.80 Å². The van der Waals surface area contributed by atoms with Crippen molar-refractivity contribution >= 4 is 17.6 Å². The smallest absolute Gasteiger partial charge is 0.327 e. The third kappa shape index (κ3) is 3.58. The van der Waals surface area contributed by atoms with Gasteiger partial charge in [0.15, 0.2) is 0 Å². The number of aryl methyl sites for hydroxylation is 1. The molecule has 3 heterocycles. The number of rotatable bonds is 6. The third-order valence-corrected chi connectivity index (χ3v) is 6.75. The first-order valence-corrected chi connectivity index (χ1v) is 11.4. The van der Waals surface area contributed by atoms with E-state index in [0.29, 0.717) is 12.5 Å². The minimum absolute atomic E-state index is 0.0513. The topological polar surface area (TPSA) is 59.1 Å². The molecule has 0 bridgehead atoms. The summed E-state index contributed by atoms with van der Waals surface area (Å²) < 4.78 is 0. The van der Waals surface area contributed by atoms with Crippen LogP contribution in [0.2, 0.25) is 0 Å². The summed E-state index contributed by atoms with van der Waals surface area (Å²) >= 11 is 0. The number of nitrogens with one attached hydrogen (secondary N) is 1. The molecule has 3 aliphatic rings. The normalized spacial score (nSPS) is 29.4. The second-order valence-electron chi connectivity index (χ2n) is 8.99. The molecular weight excluding hydrogens is 378 g/mol. The Hall–Kier alpha value is -2.12. The lowest BCUT2D eigenvalue weighted by molar-refractivity contribution is -0.138. The van der Waals surface area contributed by atoms with Crippen LogP contribution in [0.1, 0.15) is 45.6 Å². The van der Waals surface area contributed by atoms with Gasteiger partial charge in [0.1, 0.15) is 18.5 Å². The molecule has 0 radical (unpaired) electrons. The van der Waals surface area contributed by atoms with Crippen molar-refractivity contribution in [3.05, 3.63) is 29.8 Å². The van der Waals surface area contributed by atoms with Gasteiger partial charge in [-0.3, -0.25) is 19.9 Å². The van der Waals surface area contributed by atoms with Gasteiger partial charge in [-0.15, -0.1) is 0 Å². The monoisotopic (exact) mass is 413 g/mol. The summed E-state index contributed by atoms with van der Waals surface area (Å²) in [4.78, 5) is 34.2. The third-order valence-electron chi connectivity index (χ3n) is 6.75. The van der Waals surface area contributed by atoms with Crippen molar-refractivity contribution in [1.82, 2.24) is 20.0 Å². The zero-order valence-corrected chi connectivity index (χ0v) is 18.7. The molecule has 0 aliphatic carbocycles. The van der Waals surface area contributed by atoms with E-state index in [0.717, 1.165) is 44.5 Å². The summed E-state index contributed by atoms with van der Waals surface area (Å²) in [6, 6.07) is 8.18. The summed E-state index contributed by atoms with van der Waals surface area (Å²) in [7, 11) is 1.81. The lowest BCUT2D eigenvalue weighted by Crippen LogP contribution is -2.66. The molecule has 7 heteroatoms. The number of benzene rings is 1. The minimum Gasteiger partial charge on any atom is -0.343 e. The maximum absolute atomic E-state index is 13.4. The van der Waals surface area contributed by atoms with Crippen LogP contribution >= 0.6 is 0 Å². The predicted octanol–water partition coefficient (Wildman–Crippen LogP) is 2.67. The number of hydrogen-bond donors (Lipinski definition) is 1. The average Bonchev–Trinajstić information content (AvgIpc) is 3.13. The molecule has 4 rings (SSSR count). The van der Waals surface area contributed by atoms with Gasteiger partial charge in [0.25, 0.3) is 5.91 Å². The number of likely N-dealkylation sites (N-methyl/N-ethyl adjacent to an activating group) is 1. The Morgan fingerprint density at radius 1 is 1.07 bits per heavy atom. The first kappa shape index (κ1) is 21.1. The molecule has 164 valence electrons. The summed E-state index contributed by atoms with van der Waals surface area (Å²) in [5.41, 5.74) is 2.47. The van der Waals surface area contributed by atoms with Crippen molar-refractivity contribution in [2.45, 2.75) is 65.0 Å². The number of amides is 3. The van der Waals surface area contributed by atoms with Crippen LogP contribution in [0.3, 0.4) is 0 Å². The van der Waals surface area contributed by atoms with Crippen molar-refractivity contribution < 1.29 is 9.59 Å². The molecule has 0 aromatic heterocycles. The molecule has 4 atom stereocenters. The number of carbonyl (C=O) groups is 2. The molecule has 4 unspecified atom stereocenters. The Morgan fingerprint density at radius 3 is 2.47 bits per heavy atom. The molecule has 30 heavy (non-hydrogen) atoms. The molecule has 3 saturated heterocycles. The molecule has 1 aromatic carbocycles. The van der Waals surface area contributed by atoms with E-state index in [1.54, 1.807) is 4.90 Å². The fourth-order valence-corrected chi connectivity index (χ4v) is 5.07. The van der Waals surface area contributed by atoms with Gasteiger partial charge in [-0.05, 0) is 36.5 Å². The second kappa shape index (κ2) is 8.55. The van der Waals surface area contributed by atoms with E-state index in [1.165, 1.54) is 10.5 Å². The zero-order valence-electron chi connectivity index (χ0n) is 18.7. The molecule has 1 aromatic rings. The number of unbranched alkanes of at least 4 members (excludes halogenated alkanes) is 2. The highest BCUT2D eigenvalue weighted by molar-refractivity contribution is 6.00. The Bertz CT molecular complexity index is 782. The van der Waals surface area contributed by atoms with Crippen LogP contribution in [0.25, 0.3) is 0 Å². The second-order valence-corrected chi connectivity index (χ2v) is 8.99. The fraction of sp³-hybridized carbons (Fsp3) is 0.652. The highest BCUT2D eigenvalue weighted by Crippen LogP contribution is 2.34. The maximum Gasteiger partial charge on any atom is 0.327 e. The SMILES string of the molecule is CCCCCN1C(=O)C2C(NC3N(c4ccc(CC)cc4)CC(C)CN23)N(C)C1=O. The van der Waals surface area contributed by atoms with E-state index < -0.39 is 0 Å². The number of hydrogen-bond acceptors (Lipinski definition) is 5. The molecule has 7 nitrogen and oxygen atoms in total. The summed E-state index contributed by atoms with van der Waals surface area (Å²) in [6.45, 7) is 8.80. The Kier molecular flexibility index (Phi) is 6.02. The highest BCUT2D eigenvalue weighted by atomic mass is 16.2. The average molecular weight is 414 g/mol. The fourth-order valence-electron chi connectivity index (χ4n) is 5.07. The van der Waals surface area contributed by atoms with E-state index in [1.807, 2.05) is 7.05 Å². The Morgan fingerprint density at radius 2 is 1.80 bits per heavy atom. The van der Waals surface area contributed by atoms with Crippen LogP contribution in [0, 0.1) is 5.92 Å². The summed E-state index contributed by atoms with van der Waals surface area (Å²) in [5.74, 6) is 0.376. The summed E-state index contributed by atoms with van der Waals surface area (Å²) in [6.07, 6.45) is 3.60. The van der Waals surface area contributed by atoms with Crippen LogP contribution in [0.4, 0.5) is 10.5 Å². The molecule has 0 saturated carbocycles. The van der Waals surface area contributed by atoms with Gasteiger partial charge in [-0.2, -0.15) is 0 Å². The predicted molar refractivity (Wildman–Crippen MR) is 118 cm³/mol. The molecule has 1 N–H and O–H groups in total. The number of imide groups is 1. The standard InChI is InChI=1S/C23H35N5O2/c1-5-7-8-13-26-21(29)19-20(25(4)23(26)30)24-22-27(14-16(3)15-28(19)22)18-11-9-17(6-2)10-12-18/h9-12,16,19-20,22,24H,5-8,13-15H2,1-4H3. The van der Waals surface area contributed by atoms with Crippen molar-refractivity contribution in [1.29, 1.82) is 0 Å². The quantitative estimate of drug-likeness (QED) is 0.727. The number of urea groups is 1. The van der Waals surface area contributed by atoms with E-state index in [-0.39, 0.29) is 30.4 Å². The van der Waals surface area contributed by atoms with Crippen LogP contribution in [0.15, 0.2) is 24.3 Å². The maximum atomic E-state index is 13.4. The number of nitrogens with zero attached hydrogens (tertiary/aromatic N) is 4. The molecule has 3 fully saturated rings. The molecular formula is C23H35N5O2. The Balaban J connectivity index is 1.60. The van der Waals surface area contributed by atoms with Crippen molar-refractivity contribution in [2.75, 3.05) is 31.6 Å². The highest BCUT2D eigenvalue weighted by Gasteiger charge is 2.56. The lowest BCUT2D eigenvalue weighted by Gasteiger charge is -2.46. The van der Waals surface area contributed by atoms with E-state index in [2.05, 4.69) is 60.2 Å². The van der Waals surface area contributed by atoms with Gasteiger partial charge in [-0.25, -0.2) is 4.79 Å². The number of carbonyl (C=O) groups excluding carboxylic acids is 2. The first-order valence-electron chi connectivity index (χ1n) is 11.4. The first-order chi connectivity index (χ1) is 14.5. The number of anilines is 1. The van der Waals surface area contributed by atoms with Gasteiger partial charge in [0, 0.05) is 32.4 Å². The molecule has 0 spiro atoms. The van der Waals surface area contributed by atoms with Gasteiger partial charge in [0.2, 0.25) is 0 Å². The van der Waals surface area contributed by atoms with Crippen LogP contribution in [-0.2, 0) is 11.2 Å². The van der Waals surface area contributed by atoms with Crippen LogP contribution < -0.4 is 10.2 Å². The molecule has 3 aliphatic heterocycles. The van der Waals surface area contributed by atoms with Crippen molar-refractivity contribution in [3.63, 3.8) is 0 Å². The summed E-state index contributed by atoms with van der Waals surface area (Å²) in [5, 5.41) is 3.60. The largest absolute Gasteiger partial charge is 0.343 e. The minimum atomic E-state index is -0.334. The van der Waals surface area contributed by atoms with Crippen LogP contribution in [-0.4, -0.2) is 71.8 Å². The van der Waals surface area contributed by atoms with Crippen LogP contribution in [0.5, 0.6) is 0 Å². The van der Waals surface area contributed by atoms with E-state index >= 15 is 0 Å². The van der Waals surface area contributed by atoms with Gasteiger partial charge in [0.05, 0.1) is 0 Å². The van der Waals surface area contributed by atoms with Crippen molar-refractivity contribution in [3.8, 4) is 0 Å². The zero-order chi connectivity index (χ0) is 21.4. The Labute approximate surface area is 180 Å². The van der Waals surface area contributed by atoms with E-state index in [4.69, 9.17) is 0 Å². The van der Waals surface area contributed by atoms with Gasteiger partial charge >= 0.3 is 6.03 Å². The number of fused-ring (bicyclic) bond motifs is 3. The van der Waals surface area contributed by atoms with Gasteiger partial charge in [-0.1, -0.05) is 45.7 Å². The van der Waals surface area contributed by atoms with E-state index in [9.17, 15) is 9.59 Å². The molecule has 3 amide bonds.